The van der Waals surface area contributed by atoms with Gasteiger partial charge < -0.3 is 15.7 Å². The fourth-order valence-corrected chi connectivity index (χ4v) is 4.51. The van der Waals surface area contributed by atoms with Gasteiger partial charge in [0.05, 0.1) is 0 Å². The first-order valence-corrected chi connectivity index (χ1v) is 11.1. The topological polar surface area (TPSA) is 87.1 Å². The second kappa shape index (κ2) is 8.62. The van der Waals surface area contributed by atoms with Crippen LogP contribution in [0, 0.1) is 17.8 Å². The summed E-state index contributed by atoms with van der Waals surface area (Å²) < 4.78 is 57.6. The molecule has 5 rings (SSSR count). The SMILES string of the molecule is FC1(F)CC1CCCNc1cc(NC2[C@H]3CCC[C@@H]23)nc(C2CC2)n1.O=C(O)C(F)(F)F. The lowest BCUT2D eigenvalue weighted by molar-refractivity contribution is -0.192. The van der Waals surface area contributed by atoms with E-state index in [0.717, 1.165) is 35.7 Å². The molecule has 11 heteroatoms. The zero-order valence-electron chi connectivity index (χ0n) is 17.5. The van der Waals surface area contributed by atoms with Crippen LogP contribution in [0.1, 0.15) is 63.1 Å². The molecule has 2 unspecified atom stereocenters. The van der Waals surface area contributed by atoms with Crippen molar-refractivity contribution in [2.75, 3.05) is 17.2 Å². The number of carbonyl (C=O) groups is 1. The summed E-state index contributed by atoms with van der Waals surface area (Å²) >= 11 is 0. The number of rotatable bonds is 8. The number of carboxylic acids is 1. The number of halogens is 5. The fourth-order valence-electron chi connectivity index (χ4n) is 4.51. The van der Waals surface area contributed by atoms with Crippen LogP contribution in [-0.2, 0) is 4.79 Å². The minimum atomic E-state index is -5.08. The second-order valence-electron chi connectivity index (χ2n) is 9.23. The molecule has 32 heavy (non-hydrogen) atoms. The Kier molecular flexibility index (Phi) is 6.19. The highest BCUT2D eigenvalue weighted by Crippen LogP contribution is 2.53. The predicted molar refractivity (Wildman–Crippen MR) is 107 cm³/mol. The maximum atomic E-state index is 12.9. The molecule has 178 valence electrons. The van der Waals surface area contributed by atoms with Crippen LogP contribution in [0.4, 0.5) is 33.6 Å². The van der Waals surface area contributed by atoms with E-state index in [-0.39, 0.29) is 6.42 Å². The van der Waals surface area contributed by atoms with Gasteiger partial charge in [0.1, 0.15) is 17.5 Å². The number of hydrogen-bond acceptors (Lipinski definition) is 5. The van der Waals surface area contributed by atoms with Crippen molar-refractivity contribution in [3.63, 3.8) is 0 Å². The van der Waals surface area contributed by atoms with Gasteiger partial charge in [-0.3, -0.25) is 0 Å². The maximum absolute atomic E-state index is 12.9. The first-order chi connectivity index (χ1) is 15.0. The predicted octanol–water partition coefficient (Wildman–Crippen LogP) is 5.05. The Bertz CT molecular complexity index is 836. The lowest BCUT2D eigenvalue weighted by Crippen LogP contribution is -2.21. The quantitative estimate of drug-likeness (QED) is 0.371. The zero-order valence-corrected chi connectivity index (χ0v) is 17.5. The van der Waals surface area contributed by atoms with Gasteiger partial charge in [0.2, 0.25) is 0 Å². The van der Waals surface area contributed by atoms with E-state index in [1.807, 2.05) is 6.07 Å². The van der Waals surface area contributed by atoms with Crippen molar-refractivity contribution in [2.45, 2.75) is 75.4 Å². The second-order valence-corrected chi connectivity index (χ2v) is 9.23. The molecular weight excluding hydrogens is 435 g/mol. The number of hydrogen-bond donors (Lipinski definition) is 3. The lowest BCUT2D eigenvalue weighted by atomic mass is 10.2. The Morgan fingerprint density at radius 1 is 1.12 bits per heavy atom. The summed E-state index contributed by atoms with van der Waals surface area (Å²) in [5.41, 5.74) is 0. The van der Waals surface area contributed by atoms with Crippen LogP contribution in [0.15, 0.2) is 6.07 Å². The summed E-state index contributed by atoms with van der Waals surface area (Å²) in [5, 5.41) is 14.1. The normalized spacial score (nSPS) is 29.4. The molecule has 6 nitrogen and oxygen atoms in total. The molecule has 0 amide bonds. The lowest BCUT2D eigenvalue weighted by Gasteiger charge is -2.12. The molecule has 4 saturated carbocycles. The van der Waals surface area contributed by atoms with Crippen molar-refractivity contribution in [2.24, 2.45) is 17.8 Å². The largest absolute Gasteiger partial charge is 0.490 e. The number of carboxylic acid groups (broad SMARTS) is 1. The summed E-state index contributed by atoms with van der Waals surface area (Å²) in [6.45, 7) is 0.696. The first-order valence-electron chi connectivity index (χ1n) is 11.1. The van der Waals surface area contributed by atoms with Gasteiger partial charge in [0, 0.05) is 36.9 Å². The molecule has 1 heterocycles. The van der Waals surface area contributed by atoms with Crippen LogP contribution in [-0.4, -0.2) is 45.7 Å². The van der Waals surface area contributed by atoms with E-state index in [1.165, 1.54) is 32.1 Å². The van der Waals surface area contributed by atoms with Crippen LogP contribution < -0.4 is 10.6 Å². The highest BCUT2D eigenvalue weighted by Gasteiger charge is 2.55. The molecule has 0 spiro atoms. The smallest absolute Gasteiger partial charge is 0.475 e. The highest BCUT2D eigenvalue weighted by molar-refractivity contribution is 5.73. The monoisotopic (exact) mass is 462 g/mol. The van der Waals surface area contributed by atoms with Crippen molar-refractivity contribution in [3.05, 3.63) is 11.9 Å². The fraction of sp³-hybridized carbons (Fsp3) is 0.762. The molecule has 0 saturated heterocycles. The average Bonchev–Trinajstić information content (AvgIpc) is 3.66. The molecule has 0 bridgehead atoms. The van der Waals surface area contributed by atoms with Crippen LogP contribution in [0.25, 0.3) is 0 Å². The van der Waals surface area contributed by atoms with Gasteiger partial charge in [-0.05, 0) is 50.4 Å². The molecule has 0 radical (unpaired) electrons. The van der Waals surface area contributed by atoms with E-state index in [4.69, 9.17) is 14.9 Å². The van der Waals surface area contributed by atoms with Crippen molar-refractivity contribution in [3.8, 4) is 0 Å². The Hall–Kier alpha value is -2.20. The van der Waals surface area contributed by atoms with Gasteiger partial charge >= 0.3 is 12.1 Å². The number of aromatic nitrogens is 2. The Labute approximate surface area is 182 Å². The standard InChI is InChI=1S/C19H26F2N4.C2HF3O2/c20-19(21)10-12(19)3-2-8-22-15-9-16(25-18(24-15)11-6-7-11)23-17-13-4-1-5-14(13)17;3-2(4,5)1(6)7/h9,11-14,17H,1-8,10H2,(H2,22,23,24,25);(H,6,7)/t12?,13-,14+,17?;. The number of aliphatic carboxylic acids is 1. The minimum Gasteiger partial charge on any atom is -0.475 e. The van der Waals surface area contributed by atoms with Crippen LogP contribution in [0.3, 0.4) is 0 Å². The van der Waals surface area contributed by atoms with Gasteiger partial charge in [-0.1, -0.05) is 6.42 Å². The molecular formula is C21H27F5N4O2. The summed E-state index contributed by atoms with van der Waals surface area (Å²) in [7, 11) is 0. The average molecular weight is 462 g/mol. The van der Waals surface area contributed by atoms with E-state index in [2.05, 4.69) is 15.6 Å². The number of fused-ring (bicyclic) bond motifs is 1. The Balaban J connectivity index is 0.000000307. The van der Waals surface area contributed by atoms with E-state index < -0.39 is 24.0 Å². The van der Waals surface area contributed by atoms with E-state index in [1.54, 1.807) is 0 Å². The highest BCUT2D eigenvalue weighted by atomic mass is 19.4. The Morgan fingerprint density at radius 2 is 1.72 bits per heavy atom. The first kappa shape index (κ1) is 23.0. The van der Waals surface area contributed by atoms with E-state index >= 15 is 0 Å². The van der Waals surface area contributed by atoms with Gasteiger partial charge in [0.25, 0.3) is 5.92 Å². The van der Waals surface area contributed by atoms with Crippen molar-refractivity contribution in [1.29, 1.82) is 0 Å². The van der Waals surface area contributed by atoms with Gasteiger partial charge in [0.15, 0.2) is 0 Å². The minimum absolute atomic E-state index is 0.0735. The molecule has 4 aliphatic rings. The third kappa shape index (κ3) is 5.78. The van der Waals surface area contributed by atoms with E-state index in [9.17, 15) is 22.0 Å². The number of anilines is 2. The summed E-state index contributed by atoms with van der Waals surface area (Å²) in [6, 6.07) is 2.59. The van der Waals surface area contributed by atoms with Crippen LogP contribution in [0.5, 0.6) is 0 Å². The van der Waals surface area contributed by atoms with Crippen molar-refractivity contribution < 1.29 is 31.9 Å². The Morgan fingerprint density at radius 3 is 2.25 bits per heavy atom. The molecule has 4 aliphatic carbocycles. The van der Waals surface area contributed by atoms with E-state index in [0.29, 0.717) is 24.9 Å². The van der Waals surface area contributed by atoms with Crippen LogP contribution >= 0.6 is 0 Å². The maximum Gasteiger partial charge on any atom is 0.490 e. The van der Waals surface area contributed by atoms with Crippen molar-refractivity contribution in [1.82, 2.24) is 9.97 Å². The number of nitrogens with one attached hydrogen (secondary N) is 2. The van der Waals surface area contributed by atoms with Gasteiger partial charge in [-0.25, -0.2) is 23.5 Å². The molecule has 3 N–H and O–H groups in total. The number of alkyl halides is 5. The molecule has 0 aromatic carbocycles. The molecule has 1 aromatic rings. The third-order valence-corrected chi connectivity index (χ3v) is 6.64. The molecule has 4 fully saturated rings. The number of nitrogens with zero attached hydrogens (tertiary/aromatic N) is 2. The molecule has 4 atom stereocenters. The van der Waals surface area contributed by atoms with Gasteiger partial charge in [-0.2, -0.15) is 13.2 Å². The summed E-state index contributed by atoms with van der Waals surface area (Å²) in [5.74, 6) is -0.640. The third-order valence-electron chi connectivity index (χ3n) is 6.64. The summed E-state index contributed by atoms with van der Waals surface area (Å²) in [4.78, 5) is 18.3. The zero-order chi connectivity index (χ0) is 23.1. The molecule has 0 aliphatic heterocycles. The van der Waals surface area contributed by atoms with Crippen LogP contribution in [0.2, 0.25) is 0 Å². The van der Waals surface area contributed by atoms with Crippen molar-refractivity contribution >= 4 is 17.6 Å². The van der Waals surface area contributed by atoms with Gasteiger partial charge in [-0.15, -0.1) is 0 Å². The molecule has 1 aromatic heterocycles. The summed E-state index contributed by atoms with van der Waals surface area (Å²) in [6.07, 6.45) is 2.76.